The topological polar surface area (TPSA) is 148 Å². The molecule has 1 aromatic carbocycles. The number of anilines is 5. The Hall–Kier alpha value is -4.42. The molecule has 0 spiro atoms. The quantitative estimate of drug-likeness (QED) is 0.474. The van der Waals surface area contributed by atoms with Gasteiger partial charge in [0.1, 0.15) is 12.1 Å². The second-order valence-corrected chi connectivity index (χ2v) is 9.31. The van der Waals surface area contributed by atoms with Crippen molar-refractivity contribution in [1.29, 1.82) is 0 Å². The lowest BCUT2D eigenvalue weighted by Crippen LogP contribution is -2.58. The van der Waals surface area contributed by atoms with Crippen molar-refractivity contribution in [3.8, 4) is 5.82 Å². The van der Waals surface area contributed by atoms with Crippen LogP contribution in [-0.2, 0) is 9.53 Å². The summed E-state index contributed by atoms with van der Waals surface area (Å²) in [6.07, 6.45) is 1.82. The van der Waals surface area contributed by atoms with Crippen LogP contribution in [-0.4, -0.2) is 80.5 Å². The van der Waals surface area contributed by atoms with E-state index in [1.54, 1.807) is 32.2 Å². The van der Waals surface area contributed by atoms with E-state index in [4.69, 9.17) is 10.5 Å². The van der Waals surface area contributed by atoms with Crippen LogP contribution in [0.25, 0.3) is 5.82 Å². The summed E-state index contributed by atoms with van der Waals surface area (Å²) < 4.78 is 6.61. The van der Waals surface area contributed by atoms with Crippen molar-refractivity contribution in [2.75, 3.05) is 47.6 Å². The maximum absolute atomic E-state index is 12.1. The molecule has 0 unspecified atom stereocenters. The number of nitrogen functional groups attached to an aromatic ring is 1. The monoisotopic (exact) mass is 522 g/mol. The Balaban J connectivity index is 1.46. The molecule has 1 fully saturated rings. The maximum Gasteiger partial charge on any atom is 0.414 e. The molecule has 0 radical (unpaired) electrons. The molecule has 2 aromatic heterocycles. The second-order valence-electron chi connectivity index (χ2n) is 9.31. The second kappa shape index (κ2) is 11.3. The molecule has 3 aromatic rings. The summed E-state index contributed by atoms with van der Waals surface area (Å²) in [4.78, 5) is 42.6. The van der Waals surface area contributed by atoms with Gasteiger partial charge in [-0.05, 0) is 44.5 Å². The number of benzene rings is 1. The molecule has 1 saturated heterocycles. The van der Waals surface area contributed by atoms with Gasteiger partial charge in [-0.1, -0.05) is 6.92 Å². The van der Waals surface area contributed by atoms with E-state index in [0.29, 0.717) is 37.1 Å². The minimum atomic E-state index is -0.408. The fourth-order valence-corrected chi connectivity index (χ4v) is 4.59. The van der Waals surface area contributed by atoms with Gasteiger partial charge >= 0.3 is 6.09 Å². The summed E-state index contributed by atoms with van der Waals surface area (Å²) in [5.41, 5.74) is 7.57. The summed E-state index contributed by atoms with van der Waals surface area (Å²) in [6.45, 7) is 9.29. The number of hydrogen-bond acceptors (Lipinski definition) is 10. The van der Waals surface area contributed by atoms with Gasteiger partial charge in [-0.2, -0.15) is 9.67 Å². The van der Waals surface area contributed by atoms with E-state index >= 15 is 0 Å². The first kappa shape index (κ1) is 26.6. The number of nitrogens with zero attached hydrogens (tertiary/aromatic N) is 8. The molecule has 0 saturated carbocycles. The predicted molar refractivity (Wildman–Crippen MR) is 145 cm³/mol. The predicted octanol–water partition coefficient (Wildman–Crippen LogP) is 2.81. The average molecular weight is 523 g/mol. The van der Waals surface area contributed by atoms with Crippen LogP contribution in [0.2, 0.25) is 0 Å². The molecule has 2 amide bonds. The molecule has 38 heavy (non-hydrogen) atoms. The van der Waals surface area contributed by atoms with Gasteiger partial charge < -0.3 is 25.6 Å². The zero-order valence-corrected chi connectivity index (χ0v) is 22.3. The van der Waals surface area contributed by atoms with Crippen molar-refractivity contribution in [2.24, 2.45) is 0 Å². The summed E-state index contributed by atoms with van der Waals surface area (Å²) in [5.74, 6) is 1.72. The van der Waals surface area contributed by atoms with Crippen LogP contribution in [0.4, 0.5) is 33.9 Å². The molecule has 202 valence electrons. The third-order valence-electron chi connectivity index (χ3n) is 6.31. The lowest BCUT2D eigenvalue weighted by Gasteiger charge is -2.44. The van der Waals surface area contributed by atoms with Gasteiger partial charge in [0.05, 0.1) is 6.61 Å². The Morgan fingerprint density at radius 2 is 1.79 bits per heavy atom. The van der Waals surface area contributed by atoms with Crippen molar-refractivity contribution in [3.05, 3.63) is 36.7 Å². The van der Waals surface area contributed by atoms with Gasteiger partial charge in [-0.3, -0.25) is 9.69 Å². The van der Waals surface area contributed by atoms with Crippen LogP contribution in [0.3, 0.4) is 0 Å². The van der Waals surface area contributed by atoms with E-state index in [-0.39, 0.29) is 23.9 Å². The highest BCUT2D eigenvalue weighted by molar-refractivity contribution is 5.87. The smallest absolute Gasteiger partial charge is 0.414 e. The Labute approximate surface area is 221 Å². The van der Waals surface area contributed by atoms with Crippen LogP contribution in [0.15, 0.2) is 36.7 Å². The third-order valence-corrected chi connectivity index (χ3v) is 6.31. The molecular weight excluding hydrogens is 488 g/mol. The summed E-state index contributed by atoms with van der Waals surface area (Å²) >= 11 is 0. The maximum atomic E-state index is 12.1. The lowest BCUT2D eigenvalue weighted by atomic mass is 10.1. The number of carbonyl (C=O) groups is 2. The van der Waals surface area contributed by atoms with Crippen LogP contribution < -0.4 is 20.9 Å². The van der Waals surface area contributed by atoms with Gasteiger partial charge in [0.2, 0.25) is 17.8 Å². The Morgan fingerprint density at radius 3 is 2.42 bits per heavy atom. The number of aromatic nitrogens is 5. The average Bonchev–Trinajstić information content (AvgIpc) is 3.26. The summed E-state index contributed by atoms with van der Waals surface area (Å²) in [6, 6.07) is 9.11. The molecule has 0 aliphatic carbocycles. The highest BCUT2D eigenvalue weighted by Crippen LogP contribution is 2.24. The van der Waals surface area contributed by atoms with E-state index in [1.807, 2.05) is 37.8 Å². The lowest BCUT2D eigenvalue weighted by molar-refractivity contribution is -0.133. The largest absolute Gasteiger partial charge is 0.449 e. The van der Waals surface area contributed by atoms with Gasteiger partial charge in [0, 0.05) is 56.6 Å². The van der Waals surface area contributed by atoms with Crippen molar-refractivity contribution >= 4 is 41.1 Å². The number of nitrogens with one attached hydrogen (secondary N) is 1. The van der Waals surface area contributed by atoms with Crippen LogP contribution in [0.1, 0.15) is 34.1 Å². The summed E-state index contributed by atoms with van der Waals surface area (Å²) in [7, 11) is 1.66. The number of carbonyl (C=O) groups excluding carboxylic acids is 2. The molecule has 1 aliphatic rings. The number of ether oxygens (including phenoxy) is 1. The van der Waals surface area contributed by atoms with Crippen molar-refractivity contribution in [2.45, 2.75) is 46.2 Å². The number of amides is 2. The number of nitrogens with two attached hydrogens (primary N) is 1. The van der Waals surface area contributed by atoms with Gasteiger partial charge in [-0.25, -0.2) is 14.8 Å². The minimum Gasteiger partial charge on any atom is -0.449 e. The molecule has 1 aliphatic heterocycles. The first-order valence-electron chi connectivity index (χ1n) is 12.5. The highest BCUT2D eigenvalue weighted by Gasteiger charge is 2.31. The third kappa shape index (κ3) is 5.76. The molecule has 0 bridgehead atoms. The molecule has 3 heterocycles. The molecule has 2 atom stereocenters. The summed E-state index contributed by atoms with van der Waals surface area (Å²) in [5, 5.41) is 7.59. The Morgan fingerprint density at radius 1 is 1.13 bits per heavy atom. The van der Waals surface area contributed by atoms with Gasteiger partial charge in [0.15, 0.2) is 5.82 Å². The first-order valence-corrected chi connectivity index (χ1v) is 12.5. The Kier molecular flexibility index (Phi) is 7.93. The van der Waals surface area contributed by atoms with Crippen molar-refractivity contribution in [3.63, 3.8) is 0 Å². The standard InChI is InChI=1S/C25H34N10O3/c1-6-11-38-25(37)32(5)20-9-7-19(8-10-20)29-24-30-23(26)35(31-24)22-12-21(27-15-28-22)33-13-16(2)34(18(4)36)17(3)14-33/h7-10,12,15-17H,6,11,13-14H2,1-5H3,(H3,26,29,30,31)/t16-,17+. The van der Waals surface area contributed by atoms with Crippen molar-refractivity contribution in [1.82, 2.24) is 29.6 Å². The molecule has 13 heteroatoms. The van der Waals surface area contributed by atoms with Crippen LogP contribution in [0, 0.1) is 0 Å². The fraction of sp³-hybridized carbons (Fsp3) is 0.440. The zero-order valence-electron chi connectivity index (χ0n) is 22.3. The van der Waals surface area contributed by atoms with E-state index < -0.39 is 6.09 Å². The minimum absolute atomic E-state index is 0.0510. The molecular formula is C25H34N10O3. The SMILES string of the molecule is CCCOC(=O)N(C)c1ccc(Nc2nc(N)n(-c3cc(N4C[C@@H](C)N(C(C)=O)[C@@H](C)C4)ncn3)n2)cc1. The molecule has 3 N–H and O–H groups in total. The number of hydrogen-bond donors (Lipinski definition) is 2. The molecule has 4 rings (SSSR count). The van der Waals surface area contributed by atoms with E-state index in [0.717, 1.165) is 17.9 Å². The molecule has 13 nitrogen and oxygen atoms in total. The Bertz CT molecular complexity index is 1270. The number of rotatable bonds is 7. The van der Waals surface area contributed by atoms with E-state index in [9.17, 15) is 9.59 Å². The number of piperazine rings is 1. The highest BCUT2D eigenvalue weighted by atomic mass is 16.6. The van der Waals surface area contributed by atoms with Crippen LogP contribution >= 0.6 is 0 Å². The van der Waals surface area contributed by atoms with E-state index in [2.05, 4.69) is 30.3 Å². The van der Waals surface area contributed by atoms with Crippen LogP contribution in [0.5, 0.6) is 0 Å². The first-order chi connectivity index (χ1) is 18.2. The van der Waals surface area contributed by atoms with E-state index in [1.165, 1.54) is 15.9 Å². The van der Waals surface area contributed by atoms with Crippen molar-refractivity contribution < 1.29 is 14.3 Å². The zero-order chi connectivity index (χ0) is 27.4. The fourth-order valence-electron chi connectivity index (χ4n) is 4.59. The van der Waals surface area contributed by atoms with Gasteiger partial charge in [0.25, 0.3) is 0 Å². The normalized spacial score (nSPS) is 17.3. The van der Waals surface area contributed by atoms with Gasteiger partial charge in [-0.15, -0.1) is 5.10 Å².